The number of aromatic nitrogens is 2. The number of nitrogens with zero attached hydrogens (tertiary/aromatic N) is 2. The van der Waals surface area contributed by atoms with Crippen LogP contribution in [0.1, 0.15) is 16.1 Å². The highest BCUT2D eigenvalue weighted by molar-refractivity contribution is 5.97. The number of fused-ring (bicyclic) bond motifs is 1. The molecule has 0 radical (unpaired) electrons. The Hall–Kier alpha value is -3.34. The van der Waals surface area contributed by atoms with Crippen LogP contribution in [-0.2, 0) is 6.54 Å². The first-order valence-electron chi connectivity index (χ1n) is 7.64. The Bertz CT molecular complexity index is 972. The number of imidazole rings is 1. The highest BCUT2D eigenvalue weighted by Crippen LogP contribution is 2.19. The monoisotopic (exact) mass is 317 g/mol. The molecular formula is C19H15N3O2. The molecule has 2 heterocycles. The number of nitrogens with one attached hydrogen (secondary N) is 1. The summed E-state index contributed by atoms with van der Waals surface area (Å²) in [6.45, 7) is 0.363. The second kappa shape index (κ2) is 6.04. The smallest absolute Gasteiger partial charge is 0.251 e. The molecule has 4 rings (SSSR count). The molecule has 1 N–H and O–H groups in total. The summed E-state index contributed by atoms with van der Waals surface area (Å²) in [5.41, 5.74) is 3.36. The molecular weight excluding hydrogens is 302 g/mol. The molecule has 2 aromatic heterocycles. The Morgan fingerprint density at radius 3 is 2.75 bits per heavy atom. The molecule has 0 aliphatic heterocycles. The SMILES string of the molecule is O=C(NCc1ccco1)c1ccc2c(c1)ncn2-c1ccccc1. The Morgan fingerprint density at radius 1 is 1.08 bits per heavy atom. The van der Waals surface area contributed by atoms with Crippen molar-refractivity contribution in [3.05, 3.63) is 84.6 Å². The normalized spacial score (nSPS) is 10.8. The minimum absolute atomic E-state index is 0.150. The lowest BCUT2D eigenvalue weighted by atomic mass is 10.2. The first kappa shape index (κ1) is 14.3. The largest absolute Gasteiger partial charge is 0.467 e. The van der Waals surface area contributed by atoms with E-state index in [1.807, 2.05) is 47.0 Å². The Balaban J connectivity index is 1.59. The van der Waals surface area contributed by atoms with Crippen molar-refractivity contribution < 1.29 is 9.21 Å². The van der Waals surface area contributed by atoms with Gasteiger partial charge in [0, 0.05) is 11.3 Å². The number of para-hydroxylation sites is 1. The number of carbonyl (C=O) groups excluding carboxylic acids is 1. The van der Waals surface area contributed by atoms with E-state index in [1.165, 1.54) is 0 Å². The number of amides is 1. The lowest BCUT2D eigenvalue weighted by Gasteiger charge is -2.05. The molecule has 0 aliphatic rings. The van der Waals surface area contributed by atoms with E-state index in [1.54, 1.807) is 30.8 Å². The van der Waals surface area contributed by atoms with Gasteiger partial charge in [0.15, 0.2) is 0 Å². The van der Waals surface area contributed by atoms with Gasteiger partial charge in [-0.25, -0.2) is 4.98 Å². The summed E-state index contributed by atoms with van der Waals surface area (Å²) in [4.78, 5) is 16.7. The van der Waals surface area contributed by atoms with Gasteiger partial charge in [-0.1, -0.05) is 18.2 Å². The fourth-order valence-electron chi connectivity index (χ4n) is 2.63. The third-order valence-corrected chi connectivity index (χ3v) is 3.85. The minimum atomic E-state index is -0.150. The second-order valence-electron chi connectivity index (χ2n) is 5.42. The van der Waals surface area contributed by atoms with Crippen LogP contribution in [0.25, 0.3) is 16.7 Å². The van der Waals surface area contributed by atoms with Crippen molar-refractivity contribution in [3.63, 3.8) is 0 Å². The molecule has 5 heteroatoms. The Labute approximate surface area is 138 Å². The highest BCUT2D eigenvalue weighted by Gasteiger charge is 2.10. The number of hydrogen-bond donors (Lipinski definition) is 1. The molecule has 2 aromatic carbocycles. The van der Waals surface area contributed by atoms with Crippen LogP contribution in [0, 0.1) is 0 Å². The van der Waals surface area contributed by atoms with Gasteiger partial charge in [-0.2, -0.15) is 0 Å². The first-order chi connectivity index (χ1) is 11.8. The van der Waals surface area contributed by atoms with Crippen LogP contribution < -0.4 is 5.32 Å². The number of furan rings is 1. The molecule has 5 nitrogen and oxygen atoms in total. The van der Waals surface area contributed by atoms with Gasteiger partial charge >= 0.3 is 0 Å². The van der Waals surface area contributed by atoms with E-state index < -0.39 is 0 Å². The zero-order valence-electron chi connectivity index (χ0n) is 12.8. The van der Waals surface area contributed by atoms with E-state index >= 15 is 0 Å². The van der Waals surface area contributed by atoms with Gasteiger partial charge < -0.3 is 9.73 Å². The third kappa shape index (κ3) is 2.67. The van der Waals surface area contributed by atoms with E-state index in [2.05, 4.69) is 10.3 Å². The van der Waals surface area contributed by atoms with Crippen LogP contribution in [0.15, 0.2) is 77.7 Å². The molecule has 0 fully saturated rings. The molecule has 0 aliphatic carbocycles. The molecule has 0 atom stereocenters. The maximum atomic E-state index is 12.3. The van der Waals surface area contributed by atoms with E-state index in [0.717, 1.165) is 22.5 Å². The van der Waals surface area contributed by atoms with Crippen LogP contribution >= 0.6 is 0 Å². The van der Waals surface area contributed by atoms with Gasteiger partial charge in [-0.3, -0.25) is 9.36 Å². The zero-order valence-corrected chi connectivity index (χ0v) is 12.8. The summed E-state index contributed by atoms with van der Waals surface area (Å²) in [5.74, 6) is 0.570. The van der Waals surface area contributed by atoms with E-state index in [-0.39, 0.29) is 5.91 Å². The fourth-order valence-corrected chi connectivity index (χ4v) is 2.63. The maximum absolute atomic E-state index is 12.3. The quantitative estimate of drug-likeness (QED) is 0.626. The van der Waals surface area contributed by atoms with Crippen molar-refractivity contribution in [2.75, 3.05) is 0 Å². The van der Waals surface area contributed by atoms with Crippen molar-refractivity contribution in [1.82, 2.24) is 14.9 Å². The zero-order chi connectivity index (χ0) is 16.4. The van der Waals surface area contributed by atoms with Crippen molar-refractivity contribution in [3.8, 4) is 5.69 Å². The van der Waals surface area contributed by atoms with Gasteiger partial charge in [0.1, 0.15) is 12.1 Å². The average Bonchev–Trinajstić information content (AvgIpc) is 3.29. The highest BCUT2D eigenvalue weighted by atomic mass is 16.3. The van der Waals surface area contributed by atoms with Gasteiger partial charge in [-0.15, -0.1) is 0 Å². The second-order valence-corrected chi connectivity index (χ2v) is 5.42. The van der Waals surface area contributed by atoms with Crippen molar-refractivity contribution in [1.29, 1.82) is 0 Å². The van der Waals surface area contributed by atoms with Crippen LogP contribution in [0.4, 0.5) is 0 Å². The van der Waals surface area contributed by atoms with Crippen molar-refractivity contribution in [2.24, 2.45) is 0 Å². The summed E-state index contributed by atoms with van der Waals surface area (Å²) in [6, 6.07) is 19.1. The van der Waals surface area contributed by atoms with E-state index in [0.29, 0.717) is 12.1 Å². The lowest BCUT2D eigenvalue weighted by molar-refractivity contribution is 0.0948. The molecule has 0 saturated carbocycles. The summed E-state index contributed by atoms with van der Waals surface area (Å²) in [6.07, 6.45) is 3.36. The number of benzene rings is 2. The molecule has 1 amide bonds. The molecule has 118 valence electrons. The summed E-state index contributed by atoms with van der Waals surface area (Å²) < 4.78 is 7.21. The molecule has 0 spiro atoms. The van der Waals surface area contributed by atoms with Crippen LogP contribution in [0.2, 0.25) is 0 Å². The predicted octanol–water partition coefficient (Wildman–Crippen LogP) is 3.55. The average molecular weight is 317 g/mol. The Morgan fingerprint density at radius 2 is 1.96 bits per heavy atom. The predicted molar refractivity (Wildman–Crippen MR) is 90.9 cm³/mol. The van der Waals surface area contributed by atoms with Crippen molar-refractivity contribution >= 4 is 16.9 Å². The molecule has 0 saturated heterocycles. The lowest BCUT2D eigenvalue weighted by Crippen LogP contribution is -2.22. The number of hydrogen-bond acceptors (Lipinski definition) is 3. The summed E-state index contributed by atoms with van der Waals surface area (Å²) >= 11 is 0. The van der Waals surface area contributed by atoms with Gasteiger partial charge in [-0.05, 0) is 42.5 Å². The van der Waals surface area contributed by atoms with Crippen LogP contribution in [0.3, 0.4) is 0 Å². The minimum Gasteiger partial charge on any atom is -0.467 e. The molecule has 4 aromatic rings. The summed E-state index contributed by atoms with van der Waals surface area (Å²) in [7, 11) is 0. The van der Waals surface area contributed by atoms with Crippen molar-refractivity contribution in [2.45, 2.75) is 6.54 Å². The first-order valence-corrected chi connectivity index (χ1v) is 7.64. The Kier molecular flexibility index (Phi) is 3.59. The molecule has 24 heavy (non-hydrogen) atoms. The summed E-state index contributed by atoms with van der Waals surface area (Å²) in [5, 5.41) is 2.84. The van der Waals surface area contributed by atoms with Crippen LogP contribution in [-0.4, -0.2) is 15.5 Å². The fraction of sp³-hybridized carbons (Fsp3) is 0.0526. The van der Waals surface area contributed by atoms with E-state index in [9.17, 15) is 4.79 Å². The molecule has 0 bridgehead atoms. The van der Waals surface area contributed by atoms with Gasteiger partial charge in [0.2, 0.25) is 0 Å². The number of carbonyl (C=O) groups is 1. The topological polar surface area (TPSA) is 60.1 Å². The van der Waals surface area contributed by atoms with E-state index in [4.69, 9.17) is 4.42 Å². The third-order valence-electron chi connectivity index (χ3n) is 3.85. The molecule has 0 unspecified atom stereocenters. The number of rotatable bonds is 4. The maximum Gasteiger partial charge on any atom is 0.251 e. The van der Waals surface area contributed by atoms with Gasteiger partial charge in [0.25, 0.3) is 5.91 Å². The van der Waals surface area contributed by atoms with Crippen LogP contribution in [0.5, 0.6) is 0 Å². The van der Waals surface area contributed by atoms with Gasteiger partial charge in [0.05, 0.1) is 23.8 Å². The standard InChI is InChI=1S/C19H15N3O2/c23-19(20-12-16-7-4-10-24-16)14-8-9-18-17(11-14)21-13-22(18)15-5-2-1-3-6-15/h1-11,13H,12H2,(H,20,23).